The molecule has 2 aliphatic rings. The molecule has 1 saturated carbocycles. The van der Waals surface area contributed by atoms with Crippen LogP contribution in [0.4, 0.5) is 13.2 Å². The highest BCUT2D eigenvalue weighted by Gasteiger charge is 2.63. The molecule has 1 saturated heterocycles. The summed E-state index contributed by atoms with van der Waals surface area (Å²) in [5, 5.41) is 2.63. The van der Waals surface area contributed by atoms with Crippen LogP contribution in [0.3, 0.4) is 0 Å². The van der Waals surface area contributed by atoms with Crippen LogP contribution in [0.2, 0.25) is 0 Å². The van der Waals surface area contributed by atoms with E-state index >= 15 is 0 Å². The van der Waals surface area contributed by atoms with E-state index in [0.717, 1.165) is 6.42 Å². The molecule has 1 N–H and O–H groups in total. The Morgan fingerprint density at radius 2 is 1.80 bits per heavy atom. The predicted octanol–water partition coefficient (Wildman–Crippen LogP) is 2.90. The number of alkyl halides is 3. The molecular weight excluding hydrogens is 271 g/mol. The lowest BCUT2D eigenvalue weighted by molar-refractivity contribution is -0.233. The minimum Gasteiger partial charge on any atom is -0.462 e. The van der Waals surface area contributed by atoms with Crippen molar-refractivity contribution in [2.45, 2.75) is 51.8 Å². The van der Waals surface area contributed by atoms with E-state index in [2.05, 4.69) is 5.32 Å². The van der Waals surface area contributed by atoms with Gasteiger partial charge >= 0.3 is 12.1 Å². The molecule has 0 spiro atoms. The quantitative estimate of drug-likeness (QED) is 0.796. The summed E-state index contributed by atoms with van der Waals surface area (Å²) in [4.78, 5) is 12.1. The van der Waals surface area contributed by atoms with Crippen molar-refractivity contribution < 1.29 is 22.7 Å². The zero-order valence-electron chi connectivity index (χ0n) is 11.9. The van der Waals surface area contributed by atoms with Gasteiger partial charge in [0.25, 0.3) is 0 Å². The van der Waals surface area contributed by atoms with Gasteiger partial charge in [-0.05, 0) is 44.1 Å². The molecule has 3 nitrogen and oxygen atoms in total. The van der Waals surface area contributed by atoms with Crippen molar-refractivity contribution in [3.63, 3.8) is 0 Å². The van der Waals surface area contributed by atoms with E-state index in [-0.39, 0.29) is 25.6 Å². The molecule has 2 rings (SSSR count). The topological polar surface area (TPSA) is 38.3 Å². The van der Waals surface area contributed by atoms with E-state index in [1.165, 1.54) is 0 Å². The van der Waals surface area contributed by atoms with Gasteiger partial charge in [0.2, 0.25) is 0 Å². The van der Waals surface area contributed by atoms with Crippen LogP contribution in [-0.4, -0.2) is 31.3 Å². The van der Waals surface area contributed by atoms with Crippen molar-refractivity contribution in [3.8, 4) is 0 Å². The Morgan fingerprint density at radius 1 is 1.20 bits per heavy atom. The molecular formula is C14H22F3NO2. The molecule has 0 amide bonds. The Bertz CT molecular complexity index is 354. The Morgan fingerprint density at radius 3 is 2.25 bits per heavy atom. The number of nitrogens with one attached hydrogen (secondary N) is 1. The molecule has 3 unspecified atom stereocenters. The Kier molecular flexibility index (Phi) is 4.33. The van der Waals surface area contributed by atoms with Gasteiger partial charge in [0.1, 0.15) is 6.10 Å². The molecule has 6 heteroatoms. The van der Waals surface area contributed by atoms with E-state index in [1.807, 2.05) is 13.8 Å². The fourth-order valence-corrected chi connectivity index (χ4v) is 3.46. The monoisotopic (exact) mass is 293 g/mol. The van der Waals surface area contributed by atoms with Crippen LogP contribution >= 0.6 is 0 Å². The number of esters is 1. The Balaban J connectivity index is 2.06. The van der Waals surface area contributed by atoms with Gasteiger partial charge in [0.05, 0.1) is 0 Å². The summed E-state index contributed by atoms with van der Waals surface area (Å²) in [6, 6.07) is 0. The van der Waals surface area contributed by atoms with Gasteiger partial charge in [0, 0.05) is 6.54 Å². The van der Waals surface area contributed by atoms with E-state index in [9.17, 15) is 18.0 Å². The second-order valence-electron chi connectivity index (χ2n) is 6.45. The molecule has 0 bridgehead atoms. The van der Waals surface area contributed by atoms with Gasteiger partial charge in [-0.25, -0.2) is 0 Å². The zero-order valence-corrected chi connectivity index (χ0v) is 11.9. The summed E-state index contributed by atoms with van der Waals surface area (Å²) in [5.41, 5.74) is -2.35. The van der Waals surface area contributed by atoms with Gasteiger partial charge < -0.3 is 10.1 Å². The second-order valence-corrected chi connectivity index (χ2v) is 6.45. The van der Waals surface area contributed by atoms with Crippen molar-refractivity contribution in [1.82, 2.24) is 5.32 Å². The van der Waals surface area contributed by atoms with Crippen molar-refractivity contribution in [1.29, 1.82) is 0 Å². The number of ether oxygens (including phenoxy) is 1. The summed E-state index contributed by atoms with van der Waals surface area (Å²) in [6.07, 6.45) is -2.79. The minimum absolute atomic E-state index is 0.200. The van der Waals surface area contributed by atoms with Crippen molar-refractivity contribution in [2.75, 3.05) is 13.1 Å². The third-order valence-electron chi connectivity index (χ3n) is 4.50. The molecule has 2 fully saturated rings. The Hall–Kier alpha value is -0.780. The second kappa shape index (κ2) is 5.54. The van der Waals surface area contributed by atoms with Crippen molar-refractivity contribution >= 4 is 5.97 Å². The van der Waals surface area contributed by atoms with Crippen LogP contribution in [0.25, 0.3) is 0 Å². The lowest BCUT2D eigenvalue weighted by atomic mass is 9.81. The van der Waals surface area contributed by atoms with Crippen LogP contribution in [0.15, 0.2) is 0 Å². The molecule has 1 aliphatic heterocycles. The minimum atomic E-state index is -4.56. The highest BCUT2D eigenvalue weighted by molar-refractivity contribution is 5.79. The van der Waals surface area contributed by atoms with E-state index < -0.39 is 17.6 Å². The van der Waals surface area contributed by atoms with Gasteiger partial charge in [-0.2, -0.15) is 13.2 Å². The van der Waals surface area contributed by atoms with Crippen LogP contribution in [0.1, 0.15) is 39.5 Å². The third-order valence-corrected chi connectivity index (χ3v) is 4.50. The number of rotatable bonds is 2. The predicted molar refractivity (Wildman–Crippen MR) is 68.0 cm³/mol. The fourth-order valence-electron chi connectivity index (χ4n) is 3.46. The average molecular weight is 293 g/mol. The number of halogens is 3. The van der Waals surface area contributed by atoms with Gasteiger partial charge in [-0.1, -0.05) is 13.8 Å². The molecule has 20 heavy (non-hydrogen) atoms. The van der Waals surface area contributed by atoms with Crippen LogP contribution in [0.5, 0.6) is 0 Å². The zero-order chi connectivity index (χ0) is 15.0. The largest absolute Gasteiger partial charge is 0.462 e. The number of carbonyl (C=O) groups excluding carboxylic acids is 1. The molecule has 0 radical (unpaired) electrons. The van der Waals surface area contributed by atoms with Crippen molar-refractivity contribution in [2.24, 2.45) is 17.3 Å². The SMILES string of the molecule is CC1CC(C)CC(OC(=O)C2(C(F)(F)F)CCNC2)C1. The summed E-state index contributed by atoms with van der Waals surface area (Å²) in [7, 11) is 0. The third kappa shape index (κ3) is 2.95. The van der Waals surface area contributed by atoms with Gasteiger partial charge in [-0.3, -0.25) is 4.79 Å². The summed E-state index contributed by atoms with van der Waals surface area (Å²) in [6.45, 7) is 3.93. The first-order valence-corrected chi connectivity index (χ1v) is 7.23. The van der Waals surface area contributed by atoms with Gasteiger partial charge in [0.15, 0.2) is 5.41 Å². The first kappa shape index (κ1) is 15.6. The summed E-state index contributed by atoms with van der Waals surface area (Å²) >= 11 is 0. The molecule has 116 valence electrons. The molecule has 1 heterocycles. The maximum atomic E-state index is 13.2. The number of hydrogen-bond acceptors (Lipinski definition) is 3. The summed E-state index contributed by atoms with van der Waals surface area (Å²) < 4.78 is 44.9. The first-order chi connectivity index (χ1) is 9.24. The molecule has 0 aromatic heterocycles. The lowest BCUT2D eigenvalue weighted by Gasteiger charge is -2.35. The molecule has 0 aromatic rings. The number of hydrogen-bond donors (Lipinski definition) is 1. The first-order valence-electron chi connectivity index (χ1n) is 7.23. The van der Waals surface area contributed by atoms with Gasteiger partial charge in [-0.15, -0.1) is 0 Å². The van der Waals surface area contributed by atoms with Crippen LogP contribution in [0, 0.1) is 17.3 Å². The van der Waals surface area contributed by atoms with E-state index in [1.54, 1.807) is 0 Å². The number of carbonyl (C=O) groups is 1. The smallest absolute Gasteiger partial charge is 0.406 e. The molecule has 3 atom stereocenters. The highest BCUT2D eigenvalue weighted by atomic mass is 19.4. The normalized spacial score (nSPS) is 38.8. The highest BCUT2D eigenvalue weighted by Crippen LogP contribution is 2.45. The molecule has 0 aromatic carbocycles. The van der Waals surface area contributed by atoms with Crippen LogP contribution in [-0.2, 0) is 9.53 Å². The molecule has 1 aliphatic carbocycles. The maximum Gasteiger partial charge on any atom is 0.406 e. The lowest BCUT2D eigenvalue weighted by Crippen LogP contribution is -2.49. The summed E-state index contributed by atoms with van der Waals surface area (Å²) in [5.74, 6) is -0.318. The van der Waals surface area contributed by atoms with E-state index in [4.69, 9.17) is 4.74 Å². The standard InChI is InChI=1S/C14H22F3NO2/c1-9-5-10(2)7-11(6-9)20-12(19)13(14(15,16)17)3-4-18-8-13/h9-11,18H,3-8H2,1-2H3. The maximum absolute atomic E-state index is 13.2. The Labute approximate surface area is 117 Å². The van der Waals surface area contributed by atoms with Crippen molar-refractivity contribution in [3.05, 3.63) is 0 Å². The fraction of sp³-hybridized carbons (Fsp3) is 0.929. The average Bonchev–Trinajstić information content (AvgIpc) is 2.76. The van der Waals surface area contributed by atoms with E-state index in [0.29, 0.717) is 24.7 Å². The van der Waals surface area contributed by atoms with Crippen LogP contribution < -0.4 is 5.32 Å².